The van der Waals surface area contributed by atoms with Gasteiger partial charge in [-0.05, 0) is 25.0 Å². The first-order chi connectivity index (χ1) is 11.6. The molecule has 2 aromatic rings. The highest BCUT2D eigenvalue weighted by Gasteiger charge is 2.13. The van der Waals surface area contributed by atoms with E-state index in [1.54, 1.807) is 13.2 Å². The van der Waals surface area contributed by atoms with Crippen molar-refractivity contribution in [3.8, 4) is 0 Å². The lowest BCUT2D eigenvalue weighted by Crippen LogP contribution is -2.27. The summed E-state index contributed by atoms with van der Waals surface area (Å²) < 4.78 is 4.97. The van der Waals surface area contributed by atoms with Crippen molar-refractivity contribution in [2.24, 2.45) is 0 Å². The molecule has 1 aromatic heterocycles. The molecule has 6 heteroatoms. The van der Waals surface area contributed by atoms with Gasteiger partial charge in [-0.3, -0.25) is 4.79 Å². The summed E-state index contributed by atoms with van der Waals surface area (Å²) >= 11 is 0. The molecule has 24 heavy (non-hydrogen) atoms. The van der Waals surface area contributed by atoms with Gasteiger partial charge in [-0.2, -0.15) is 0 Å². The predicted molar refractivity (Wildman–Crippen MR) is 94.1 cm³/mol. The van der Waals surface area contributed by atoms with E-state index < -0.39 is 0 Å². The van der Waals surface area contributed by atoms with Crippen LogP contribution in [0.3, 0.4) is 0 Å². The van der Waals surface area contributed by atoms with Gasteiger partial charge in [-0.25, -0.2) is 9.97 Å². The normalized spacial score (nSPS) is 10.5. The zero-order valence-corrected chi connectivity index (χ0v) is 14.5. The number of hydrogen-bond acceptors (Lipinski definition) is 5. The zero-order valence-electron chi connectivity index (χ0n) is 14.5. The number of aryl methyl sites for hydroxylation is 1. The van der Waals surface area contributed by atoms with Gasteiger partial charge in [-0.1, -0.05) is 30.3 Å². The second-order valence-corrected chi connectivity index (χ2v) is 5.64. The van der Waals surface area contributed by atoms with Crippen LogP contribution in [0.15, 0.2) is 36.4 Å². The summed E-state index contributed by atoms with van der Waals surface area (Å²) in [6.07, 6.45) is 0.771. The van der Waals surface area contributed by atoms with Crippen molar-refractivity contribution >= 4 is 11.9 Å². The number of methoxy groups -OCH3 is 1. The molecule has 1 N–H and O–H groups in total. The predicted octanol–water partition coefficient (Wildman–Crippen LogP) is 2.19. The van der Waals surface area contributed by atoms with E-state index in [9.17, 15) is 4.79 Å². The van der Waals surface area contributed by atoms with Gasteiger partial charge in [0.25, 0.3) is 5.91 Å². The molecule has 0 aliphatic rings. The monoisotopic (exact) mass is 328 g/mol. The molecular formula is C18H24N4O2. The molecule has 0 atom stereocenters. The molecule has 0 aliphatic heterocycles. The van der Waals surface area contributed by atoms with Gasteiger partial charge in [0.15, 0.2) is 0 Å². The maximum Gasteiger partial charge on any atom is 0.270 e. The summed E-state index contributed by atoms with van der Waals surface area (Å²) in [7, 11) is 3.56. The van der Waals surface area contributed by atoms with Crippen molar-refractivity contribution in [2.75, 3.05) is 32.2 Å². The lowest BCUT2D eigenvalue weighted by molar-refractivity contribution is 0.0943. The van der Waals surface area contributed by atoms with Crippen LogP contribution in [0, 0.1) is 6.92 Å². The van der Waals surface area contributed by atoms with Crippen LogP contribution in [0.25, 0.3) is 0 Å². The van der Waals surface area contributed by atoms with Crippen molar-refractivity contribution in [1.29, 1.82) is 0 Å². The fourth-order valence-electron chi connectivity index (χ4n) is 2.28. The van der Waals surface area contributed by atoms with Gasteiger partial charge in [0.2, 0.25) is 5.95 Å². The van der Waals surface area contributed by atoms with Gasteiger partial charge in [0, 0.05) is 39.5 Å². The number of ether oxygens (including phenoxy) is 1. The molecule has 128 valence electrons. The second kappa shape index (κ2) is 8.98. The lowest BCUT2D eigenvalue weighted by atomic mass is 10.2. The Morgan fingerprint density at radius 1 is 1.25 bits per heavy atom. The van der Waals surface area contributed by atoms with Gasteiger partial charge in [0.05, 0.1) is 0 Å². The topological polar surface area (TPSA) is 67.3 Å². The molecule has 0 aliphatic carbocycles. The Labute approximate surface area is 142 Å². The number of hydrogen-bond donors (Lipinski definition) is 1. The Kier molecular flexibility index (Phi) is 6.69. The Bertz CT molecular complexity index is 661. The summed E-state index contributed by atoms with van der Waals surface area (Å²) in [4.78, 5) is 23.0. The van der Waals surface area contributed by atoms with E-state index in [1.165, 1.54) is 0 Å². The van der Waals surface area contributed by atoms with Crippen LogP contribution in [0.5, 0.6) is 0 Å². The molecule has 0 spiro atoms. The van der Waals surface area contributed by atoms with Crippen molar-refractivity contribution in [2.45, 2.75) is 19.9 Å². The van der Waals surface area contributed by atoms with Crippen molar-refractivity contribution in [3.05, 3.63) is 53.3 Å². The first kappa shape index (κ1) is 17.9. The van der Waals surface area contributed by atoms with Gasteiger partial charge >= 0.3 is 0 Å². The summed E-state index contributed by atoms with van der Waals surface area (Å²) in [6, 6.07) is 11.8. The fraction of sp³-hybridized carbons (Fsp3) is 0.389. The quantitative estimate of drug-likeness (QED) is 0.752. The Balaban J connectivity index is 2.05. The SMILES string of the molecule is COCCCNC(=O)c1cc(C)nc(N(C)Cc2ccccc2)n1. The van der Waals surface area contributed by atoms with Gasteiger partial charge in [0.1, 0.15) is 5.69 Å². The second-order valence-electron chi connectivity index (χ2n) is 5.64. The molecule has 1 amide bonds. The first-order valence-electron chi connectivity index (χ1n) is 7.98. The number of carbonyl (C=O) groups is 1. The summed E-state index contributed by atoms with van der Waals surface area (Å²) in [5.41, 5.74) is 2.31. The zero-order chi connectivity index (χ0) is 17.4. The van der Waals surface area contributed by atoms with Gasteiger partial charge in [-0.15, -0.1) is 0 Å². The van der Waals surface area contributed by atoms with E-state index in [-0.39, 0.29) is 5.91 Å². The van der Waals surface area contributed by atoms with Crippen molar-refractivity contribution < 1.29 is 9.53 Å². The van der Waals surface area contributed by atoms with Crippen molar-refractivity contribution in [3.63, 3.8) is 0 Å². The van der Waals surface area contributed by atoms with Crippen LogP contribution >= 0.6 is 0 Å². The Hall–Kier alpha value is -2.47. The molecule has 0 bridgehead atoms. The van der Waals surface area contributed by atoms with Gasteiger partial charge < -0.3 is 15.0 Å². The molecule has 2 rings (SSSR count). The van der Waals surface area contributed by atoms with Crippen LogP contribution in [0.4, 0.5) is 5.95 Å². The summed E-state index contributed by atoms with van der Waals surface area (Å²) in [5.74, 6) is 0.354. The van der Waals surface area contributed by atoms with Crippen LogP contribution in [-0.2, 0) is 11.3 Å². The minimum Gasteiger partial charge on any atom is -0.385 e. The number of anilines is 1. The Morgan fingerprint density at radius 2 is 2.00 bits per heavy atom. The molecule has 0 saturated carbocycles. The molecular weight excluding hydrogens is 304 g/mol. The maximum atomic E-state index is 12.2. The van der Waals surface area contributed by atoms with E-state index >= 15 is 0 Å². The fourth-order valence-corrected chi connectivity index (χ4v) is 2.28. The third-order valence-corrected chi connectivity index (χ3v) is 3.49. The number of nitrogens with zero attached hydrogens (tertiary/aromatic N) is 3. The molecule has 1 heterocycles. The van der Waals surface area contributed by atoms with E-state index in [1.807, 2.05) is 37.1 Å². The lowest BCUT2D eigenvalue weighted by Gasteiger charge is -2.18. The molecule has 0 radical (unpaired) electrons. The van der Waals surface area contributed by atoms with E-state index in [0.29, 0.717) is 31.3 Å². The van der Waals surface area contributed by atoms with Crippen LogP contribution in [0.1, 0.15) is 28.2 Å². The van der Waals surface area contributed by atoms with Crippen LogP contribution < -0.4 is 10.2 Å². The minimum atomic E-state index is -0.189. The highest BCUT2D eigenvalue weighted by molar-refractivity contribution is 5.92. The van der Waals surface area contributed by atoms with E-state index in [0.717, 1.165) is 17.7 Å². The number of nitrogens with one attached hydrogen (secondary N) is 1. The number of carbonyl (C=O) groups excluding carboxylic acids is 1. The molecule has 0 fully saturated rings. The third kappa shape index (κ3) is 5.31. The molecule has 0 unspecified atom stereocenters. The number of benzene rings is 1. The largest absolute Gasteiger partial charge is 0.385 e. The van der Waals surface area contributed by atoms with E-state index in [2.05, 4.69) is 27.4 Å². The smallest absolute Gasteiger partial charge is 0.270 e. The molecule has 1 aromatic carbocycles. The Morgan fingerprint density at radius 3 is 2.71 bits per heavy atom. The molecule has 0 saturated heterocycles. The maximum absolute atomic E-state index is 12.2. The number of amides is 1. The third-order valence-electron chi connectivity index (χ3n) is 3.49. The van der Waals surface area contributed by atoms with E-state index in [4.69, 9.17) is 4.74 Å². The summed E-state index contributed by atoms with van der Waals surface area (Å²) in [5, 5.41) is 2.85. The van der Waals surface area contributed by atoms with Crippen molar-refractivity contribution in [1.82, 2.24) is 15.3 Å². The number of aromatic nitrogens is 2. The van der Waals surface area contributed by atoms with Crippen LogP contribution in [0.2, 0.25) is 0 Å². The highest BCUT2D eigenvalue weighted by atomic mass is 16.5. The molecule has 6 nitrogen and oxygen atoms in total. The standard InChI is InChI=1S/C18H24N4O2/c1-14-12-16(17(23)19-10-7-11-24-3)21-18(20-14)22(2)13-15-8-5-4-6-9-15/h4-6,8-9,12H,7,10-11,13H2,1-3H3,(H,19,23). The average molecular weight is 328 g/mol. The highest BCUT2D eigenvalue weighted by Crippen LogP contribution is 2.12. The number of rotatable bonds is 8. The minimum absolute atomic E-state index is 0.189. The summed E-state index contributed by atoms with van der Waals surface area (Å²) in [6.45, 7) is 3.72. The average Bonchev–Trinajstić information content (AvgIpc) is 2.59. The first-order valence-corrected chi connectivity index (χ1v) is 7.98. The van der Waals surface area contributed by atoms with Crippen LogP contribution in [-0.4, -0.2) is 43.2 Å².